The summed E-state index contributed by atoms with van der Waals surface area (Å²) in [7, 11) is 0. The summed E-state index contributed by atoms with van der Waals surface area (Å²) < 4.78 is 0. The second-order valence-electron chi connectivity index (χ2n) is 5.15. The first-order chi connectivity index (χ1) is 10.1. The van der Waals surface area contributed by atoms with Gasteiger partial charge in [0.1, 0.15) is 0 Å². The third-order valence-corrected chi connectivity index (χ3v) is 4.70. The lowest BCUT2D eigenvalue weighted by atomic mass is 10.1. The van der Waals surface area contributed by atoms with Gasteiger partial charge in [-0.15, -0.1) is 11.3 Å². The van der Waals surface area contributed by atoms with Gasteiger partial charge in [0.15, 0.2) is 5.43 Å². The van der Waals surface area contributed by atoms with Gasteiger partial charge in [-0.05, 0) is 36.1 Å². The molecule has 3 rings (SSSR count). The Morgan fingerprint density at radius 1 is 0.714 bits per heavy atom. The first-order valence-electron chi connectivity index (χ1n) is 6.92. The summed E-state index contributed by atoms with van der Waals surface area (Å²) in [5.41, 5.74) is 4.71. The summed E-state index contributed by atoms with van der Waals surface area (Å²) >= 11 is 1.67. The second-order valence-corrected chi connectivity index (χ2v) is 6.24. The van der Waals surface area contributed by atoms with Crippen LogP contribution in [-0.2, 0) is 0 Å². The van der Waals surface area contributed by atoms with E-state index in [9.17, 15) is 4.79 Å². The molecule has 0 radical (unpaired) electrons. The molecule has 2 aromatic carbocycles. The Labute approximate surface area is 128 Å². The standard InChI is InChI=1S/C19H16OS/c1-13-7-3-5-9-16(13)18-11-15(20)12-19(21-18)17-10-6-4-8-14(17)2/h3-12H,1-2H3. The van der Waals surface area contributed by atoms with E-state index in [1.165, 1.54) is 11.1 Å². The van der Waals surface area contributed by atoms with Crippen LogP contribution >= 0.6 is 11.3 Å². The van der Waals surface area contributed by atoms with E-state index in [0.717, 1.165) is 20.9 Å². The average Bonchev–Trinajstić information content (AvgIpc) is 2.47. The van der Waals surface area contributed by atoms with Crippen LogP contribution in [0, 0.1) is 13.8 Å². The van der Waals surface area contributed by atoms with Crippen LogP contribution in [0.2, 0.25) is 0 Å². The van der Waals surface area contributed by atoms with Gasteiger partial charge >= 0.3 is 0 Å². The van der Waals surface area contributed by atoms with Gasteiger partial charge in [-0.3, -0.25) is 4.79 Å². The summed E-state index contributed by atoms with van der Waals surface area (Å²) in [6, 6.07) is 19.8. The molecule has 104 valence electrons. The van der Waals surface area contributed by atoms with Crippen molar-refractivity contribution in [2.45, 2.75) is 13.8 Å². The molecule has 0 atom stereocenters. The lowest BCUT2D eigenvalue weighted by Crippen LogP contribution is -1.97. The van der Waals surface area contributed by atoms with E-state index in [1.807, 2.05) is 24.3 Å². The molecule has 0 aliphatic carbocycles. The Bertz CT molecular complexity index is 779. The highest BCUT2D eigenvalue weighted by atomic mass is 32.1. The molecule has 0 amide bonds. The van der Waals surface area contributed by atoms with Crippen molar-refractivity contribution in [2.75, 3.05) is 0 Å². The summed E-state index contributed by atoms with van der Waals surface area (Å²) in [6.45, 7) is 4.15. The molecule has 0 saturated heterocycles. The molecule has 1 nitrogen and oxygen atoms in total. The molecule has 0 bridgehead atoms. The van der Waals surface area contributed by atoms with Crippen LogP contribution in [-0.4, -0.2) is 0 Å². The number of rotatable bonds is 2. The van der Waals surface area contributed by atoms with Crippen LogP contribution in [0.25, 0.3) is 20.9 Å². The zero-order valence-electron chi connectivity index (χ0n) is 12.1. The van der Waals surface area contributed by atoms with Gasteiger partial charge in [0.25, 0.3) is 0 Å². The summed E-state index contributed by atoms with van der Waals surface area (Å²) in [4.78, 5) is 14.1. The maximum Gasteiger partial charge on any atom is 0.181 e. The van der Waals surface area contributed by atoms with Crippen molar-refractivity contribution in [1.29, 1.82) is 0 Å². The van der Waals surface area contributed by atoms with E-state index in [1.54, 1.807) is 23.5 Å². The summed E-state index contributed by atoms with van der Waals surface area (Å²) in [5, 5.41) is 0. The molecule has 0 unspecified atom stereocenters. The van der Waals surface area contributed by atoms with E-state index < -0.39 is 0 Å². The molecule has 3 aromatic rings. The van der Waals surface area contributed by atoms with Crippen LogP contribution in [0.5, 0.6) is 0 Å². The Kier molecular flexibility index (Phi) is 3.72. The normalized spacial score (nSPS) is 10.6. The Morgan fingerprint density at radius 3 is 1.57 bits per heavy atom. The van der Waals surface area contributed by atoms with Crippen molar-refractivity contribution in [3.8, 4) is 20.9 Å². The van der Waals surface area contributed by atoms with E-state index in [2.05, 4.69) is 38.1 Å². The van der Waals surface area contributed by atoms with Gasteiger partial charge in [0.05, 0.1) is 0 Å². The topological polar surface area (TPSA) is 17.1 Å². The highest BCUT2D eigenvalue weighted by Gasteiger charge is 2.08. The Balaban J connectivity index is 2.21. The van der Waals surface area contributed by atoms with Crippen LogP contribution in [0.4, 0.5) is 0 Å². The molecule has 1 aromatic heterocycles. The van der Waals surface area contributed by atoms with Crippen LogP contribution in [0.15, 0.2) is 65.5 Å². The van der Waals surface area contributed by atoms with Gasteiger partial charge < -0.3 is 0 Å². The molecule has 0 N–H and O–H groups in total. The van der Waals surface area contributed by atoms with Crippen molar-refractivity contribution >= 4 is 11.3 Å². The molecule has 0 fully saturated rings. The number of hydrogen-bond donors (Lipinski definition) is 0. The maximum atomic E-state index is 12.1. The fourth-order valence-electron chi connectivity index (χ4n) is 2.44. The van der Waals surface area contributed by atoms with Crippen molar-refractivity contribution in [3.63, 3.8) is 0 Å². The Hall–Kier alpha value is -2.19. The molecule has 0 aliphatic heterocycles. The lowest BCUT2D eigenvalue weighted by Gasteiger charge is -2.08. The van der Waals surface area contributed by atoms with E-state index >= 15 is 0 Å². The van der Waals surface area contributed by atoms with Crippen LogP contribution in [0.3, 0.4) is 0 Å². The van der Waals surface area contributed by atoms with Gasteiger partial charge in [0.2, 0.25) is 0 Å². The minimum atomic E-state index is 0.0604. The van der Waals surface area contributed by atoms with Crippen molar-refractivity contribution < 1.29 is 0 Å². The maximum absolute atomic E-state index is 12.1. The Morgan fingerprint density at radius 2 is 1.14 bits per heavy atom. The monoisotopic (exact) mass is 292 g/mol. The zero-order chi connectivity index (χ0) is 14.8. The molecular formula is C19H16OS. The van der Waals surface area contributed by atoms with Crippen molar-refractivity contribution in [3.05, 3.63) is 82.0 Å². The third kappa shape index (κ3) is 2.81. The minimum absolute atomic E-state index is 0.0604. The molecule has 0 aliphatic rings. The lowest BCUT2D eigenvalue weighted by molar-refractivity contribution is 1.46. The fraction of sp³-hybridized carbons (Fsp3) is 0.105. The van der Waals surface area contributed by atoms with Crippen LogP contribution in [0.1, 0.15) is 11.1 Å². The first kappa shape index (κ1) is 13.8. The zero-order valence-corrected chi connectivity index (χ0v) is 12.9. The van der Waals surface area contributed by atoms with Crippen LogP contribution < -0.4 is 5.43 Å². The smallest absolute Gasteiger partial charge is 0.181 e. The van der Waals surface area contributed by atoms with Gasteiger partial charge in [-0.25, -0.2) is 0 Å². The molecule has 0 spiro atoms. The molecular weight excluding hydrogens is 276 g/mol. The van der Waals surface area contributed by atoms with E-state index in [0.29, 0.717) is 0 Å². The molecule has 21 heavy (non-hydrogen) atoms. The van der Waals surface area contributed by atoms with Gasteiger partial charge in [-0.2, -0.15) is 0 Å². The molecule has 2 heteroatoms. The predicted molar refractivity (Wildman–Crippen MR) is 90.9 cm³/mol. The summed E-state index contributed by atoms with van der Waals surface area (Å²) in [6.07, 6.45) is 0. The van der Waals surface area contributed by atoms with Crippen molar-refractivity contribution in [2.24, 2.45) is 0 Å². The highest BCUT2D eigenvalue weighted by molar-refractivity contribution is 7.18. The van der Waals surface area contributed by atoms with Gasteiger partial charge in [-0.1, -0.05) is 48.5 Å². The first-order valence-corrected chi connectivity index (χ1v) is 7.74. The summed E-state index contributed by atoms with van der Waals surface area (Å²) in [5.74, 6) is 0. The number of hydrogen-bond acceptors (Lipinski definition) is 2. The van der Waals surface area contributed by atoms with Gasteiger partial charge in [0, 0.05) is 21.9 Å². The highest BCUT2D eigenvalue weighted by Crippen LogP contribution is 2.33. The quantitative estimate of drug-likeness (QED) is 0.645. The SMILES string of the molecule is Cc1ccccc1-c1cc(=O)cc(-c2ccccc2C)s1. The fourth-order valence-corrected chi connectivity index (χ4v) is 3.71. The third-order valence-electron chi connectivity index (χ3n) is 3.59. The number of aryl methyl sites for hydroxylation is 2. The number of benzene rings is 2. The minimum Gasteiger partial charge on any atom is -0.290 e. The van der Waals surface area contributed by atoms with Crippen molar-refractivity contribution in [1.82, 2.24) is 0 Å². The molecule has 1 heterocycles. The predicted octanol–water partition coefficient (Wildman–Crippen LogP) is 5.06. The molecule has 0 saturated carbocycles. The average molecular weight is 292 g/mol. The second kappa shape index (κ2) is 5.66. The largest absolute Gasteiger partial charge is 0.290 e. The van der Waals surface area contributed by atoms with E-state index in [4.69, 9.17) is 0 Å². The van der Waals surface area contributed by atoms with E-state index in [-0.39, 0.29) is 5.43 Å².